The minimum atomic E-state index is -3.61. The van der Waals surface area contributed by atoms with Gasteiger partial charge in [0.2, 0.25) is 10.0 Å². The number of anilines is 1. The summed E-state index contributed by atoms with van der Waals surface area (Å²) in [7, 11) is -2.26. The predicted molar refractivity (Wildman–Crippen MR) is 110 cm³/mol. The number of carbonyl (C=O) groups excluding carboxylic acids is 1. The maximum Gasteiger partial charge on any atom is 0.291 e. The van der Waals surface area contributed by atoms with E-state index in [-0.39, 0.29) is 10.7 Å². The minimum Gasteiger partial charge on any atom is -0.455 e. The van der Waals surface area contributed by atoms with Crippen LogP contribution in [0.4, 0.5) is 5.69 Å². The number of aryl methyl sites for hydroxylation is 1. The highest BCUT2D eigenvalue weighted by atomic mass is 32.2. The molecule has 3 aromatic rings. The molecule has 8 heteroatoms. The molecule has 28 heavy (non-hydrogen) atoms. The molecular formula is C20H20N2O4S2. The van der Waals surface area contributed by atoms with Crippen molar-refractivity contribution in [2.75, 3.05) is 12.4 Å². The van der Waals surface area contributed by atoms with Crippen LogP contribution < -0.4 is 10.0 Å². The summed E-state index contributed by atoms with van der Waals surface area (Å²) < 4.78 is 32.1. The van der Waals surface area contributed by atoms with Crippen LogP contribution in [0, 0.1) is 6.92 Å². The number of thioether (sulfide) groups is 1. The average Bonchev–Trinajstić information content (AvgIpc) is 3.18. The maximum absolute atomic E-state index is 12.4. The third-order valence-corrected chi connectivity index (χ3v) is 6.60. The summed E-state index contributed by atoms with van der Waals surface area (Å²) >= 11 is 1.61. The summed E-state index contributed by atoms with van der Waals surface area (Å²) in [4.78, 5) is 13.7. The van der Waals surface area contributed by atoms with E-state index >= 15 is 0 Å². The van der Waals surface area contributed by atoms with Crippen molar-refractivity contribution in [1.29, 1.82) is 0 Å². The lowest BCUT2D eigenvalue weighted by molar-refractivity contribution is 0.0995. The van der Waals surface area contributed by atoms with Gasteiger partial charge in [0.1, 0.15) is 5.76 Å². The monoisotopic (exact) mass is 416 g/mol. The normalized spacial score (nSPS) is 11.4. The number of nitrogens with one attached hydrogen (secondary N) is 2. The summed E-state index contributed by atoms with van der Waals surface area (Å²) in [6.45, 7) is 1.69. The van der Waals surface area contributed by atoms with Crippen LogP contribution in [0.15, 0.2) is 74.9 Å². The van der Waals surface area contributed by atoms with Gasteiger partial charge in [0.05, 0.1) is 10.6 Å². The molecule has 0 aliphatic rings. The van der Waals surface area contributed by atoms with Crippen LogP contribution in [-0.4, -0.2) is 21.4 Å². The molecule has 1 aromatic heterocycles. The highest BCUT2D eigenvalue weighted by Gasteiger charge is 2.17. The molecule has 146 valence electrons. The fourth-order valence-electron chi connectivity index (χ4n) is 2.52. The lowest BCUT2D eigenvalue weighted by Gasteiger charge is -2.09. The van der Waals surface area contributed by atoms with Crippen molar-refractivity contribution in [3.05, 3.63) is 77.7 Å². The third-order valence-electron chi connectivity index (χ3n) is 4.01. The Labute approximate surface area is 168 Å². The molecule has 0 spiro atoms. The van der Waals surface area contributed by atoms with E-state index in [2.05, 4.69) is 10.0 Å². The van der Waals surface area contributed by atoms with E-state index in [1.54, 1.807) is 43.0 Å². The summed E-state index contributed by atoms with van der Waals surface area (Å²) in [6.07, 6.45) is 0. The van der Waals surface area contributed by atoms with Crippen molar-refractivity contribution in [3.8, 4) is 0 Å². The molecule has 0 aliphatic heterocycles. The number of benzene rings is 2. The Kier molecular flexibility index (Phi) is 6.23. The number of rotatable bonds is 7. The fraction of sp³-hybridized carbons (Fsp3) is 0.150. The number of sulfonamides is 1. The van der Waals surface area contributed by atoms with Crippen LogP contribution in [-0.2, 0) is 15.8 Å². The standard InChI is InChI=1S/C20H20N2O4S2/c1-14-8-9-15(12-19(14)28(24,25)21-2)22-20(23)18-11-10-16(26-18)13-27-17-6-4-3-5-7-17/h3-12,21H,13H2,1-2H3,(H,22,23). The molecule has 3 rings (SSSR count). The first-order valence-electron chi connectivity index (χ1n) is 8.51. The summed E-state index contributed by atoms with van der Waals surface area (Å²) in [6, 6.07) is 18.0. The Morgan fingerprint density at radius 3 is 2.54 bits per heavy atom. The Morgan fingerprint density at radius 2 is 1.82 bits per heavy atom. The Hall–Kier alpha value is -2.55. The van der Waals surface area contributed by atoms with Crippen molar-refractivity contribution in [2.24, 2.45) is 0 Å². The van der Waals surface area contributed by atoms with Gasteiger partial charge in [-0.25, -0.2) is 13.1 Å². The molecule has 0 radical (unpaired) electrons. The van der Waals surface area contributed by atoms with E-state index in [1.165, 1.54) is 13.1 Å². The van der Waals surface area contributed by atoms with Crippen molar-refractivity contribution < 1.29 is 17.6 Å². The highest BCUT2D eigenvalue weighted by Crippen LogP contribution is 2.24. The topological polar surface area (TPSA) is 88.4 Å². The zero-order valence-electron chi connectivity index (χ0n) is 15.4. The quantitative estimate of drug-likeness (QED) is 0.568. The van der Waals surface area contributed by atoms with Gasteiger partial charge in [-0.2, -0.15) is 0 Å². The van der Waals surface area contributed by atoms with Crippen LogP contribution in [0.5, 0.6) is 0 Å². The van der Waals surface area contributed by atoms with Gasteiger partial charge in [0.25, 0.3) is 5.91 Å². The fourth-order valence-corrected chi connectivity index (χ4v) is 4.33. The van der Waals surface area contributed by atoms with Crippen molar-refractivity contribution >= 4 is 33.4 Å². The van der Waals surface area contributed by atoms with E-state index in [1.807, 2.05) is 30.3 Å². The van der Waals surface area contributed by atoms with Crippen molar-refractivity contribution in [2.45, 2.75) is 22.5 Å². The number of furan rings is 1. The van der Waals surface area contributed by atoms with Crippen LogP contribution in [0.25, 0.3) is 0 Å². The molecular weight excluding hydrogens is 396 g/mol. The zero-order chi connectivity index (χ0) is 20.1. The molecule has 6 nitrogen and oxygen atoms in total. The van der Waals surface area contributed by atoms with Gasteiger partial charge >= 0.3 is 0 Å². The van der Waals surface area contributed by atoms with E-state index in [0.29, 0.717) is 22.8 Å². The van der Waals surface area contributed by atoms with Crippen LogP contribution in [0.1, 0.15) is 21.9 Å². The molecule has 0 saturated heterocycles. The number of hydrogen-bond donors (Lipinski definition) is 2. The molecule has 0 fully saturated rings. The zero-order valence-corrected chi connectivity index (χ0v) is 17.1. The number of carbonyl (C=O) groups is 1. The van der Waals surface area contributed by atoms with Crippen LogP contribution in [0.2, 0.25) is 0 Å². The van der Waals surface area contributed by atoms with Crippen LogP contribution in [0.3, 0.4) is 0 Å². The minimum absolute atomic E-state index is 0.118. The van der Waals surface area contributed by atoms with Crippen molar-refractivity contribution in [1.82, 2.24) is 4.72 Å². The van der Waals surface area contributed by atoms with Crippen molar-refractivity contribution in [3.63, 3.8) is 0 Å². The third kappa shape index (κ3) is 4.83. The summed E-state index contributed by atoms with van der Waals surface area (Å²) in [5, 5.41) is 2.68. The largest absolute Gasteiger partial charge is 0.455 e. The molecule has 1 amide bonds. The predicted octanol–water partition coefficient (Wildman–Crippen LogP) is 4.04. The SMILES string of the molecule is CNS(=O)(=O)c1cc(NC(=O)c2ccc(CSc3ccccc3)o2)ccc1C. The van der Waals surface area contributed by atoms with Gasteiger partial charge in [0, 0.05) is 10.6 Å². The van der Waals surface area contributed by atoms with Gasteiger partial charge in [-0.15, -0.1) is 11.8 Å². The first kappa shape index (κ1) is 20.2. The van der Waals surface area contributed by atoms with Gasteiger partial charge in [-0.1, -0.05) is 24.3 Å². The Bertz CT molecular complexity index is 1080. The number of amides is 1. The van der Waals surface area contributed by atoms with E-state index < -0.39 is 15.9 Å². The molecule has 0 atom stereocenters. The van der Waals surface area contributed by atoms with Gasteiger partial charge in [-0.05, 0) is 55.9 Å². The molecule has 2 aromatic carbocycles. The summed E-state index contributed by atoms with van der Waals surface area (Å²) in [5.41, 5.74) is 0.964. The Morgan fingerprint density at radius 1 is 1.07 bits per heavy atom. The molecule has 0 aliphatic carbocycles. The molecule has 2 N–H and O–H groups in total. The Balaban J connectivity index is 1.69. The second-order valence-electron chi connectivity index (χ2n) is 6.01. The second kappa shape index (κ2) is 8.64. The molecule has 0 unspecified atom stereocenters. The molecule has 0 saturated carbocycles. The molecule has 1 heterocycles. The van der Waals surface area contributed by atoms with E-state index in [0.717, 1.165) is 4.90 Å². The second-order valence-corrected chi connectivity index (χ2v) is 8.91. The average molecular weight is 417 g/mol. The lowest BCUT2D eigenvalue weighted by atomic mass is 10.2. The highest BCUT2D eigenvalue weighted by molar-refractivity contribution is 7.98. The molecule has 0 bridgehead atoms. The van der Waals surface area contributed by atoms with Gasteiger partial charge < -0.3 is 9.73 Å². The smallest absolute Gasteiger partial charge is 0.291 e. The first-order chi connectivity index (χ1) is 13.4. The summed E-state index contributed by atoms with van der Waals surface area (Å²) in [5.74, 6) is 1.02. The van der Waals surface area contributed by atoms with Crippen LogP contribution >= 0.6 is 11.8 Å². The van der Waals surface area contributed by atoms with Gasteiger partial charge in [0.15, 0.2) is 5.76 Å². The lowest BCUT2D eigenvalue weighted by Crippen LogP contribution is -2.20. The van der Waals surface area contributed by atoms with E-state index in [9.17, 15) is 13.2 Å². The van der Waals surface area contributed by atoms with Gasteiger partial charge in [-0.3, -0.25) is 4.79 Å². The first-order valence-corrected chi connectivity index (χ1v) is 11.0. The van der Waals surface area contributed by atoms with E-state index in [4.69, 9.17) is 4.42 Å². The maximum atomic E-state index is 12.4. The number of hydrogen-bond acceptors (Lipinski definition) is 5.